The lowest BCUT2D eigenvalue weighted by molar-refractivity contribution is -0.137. The fraction of sp³-hybridized carbons (Fsp3) is 0.286. The third kappa shape index (κ3) is 2.31. The molecule has 4 heteroatoms. The van der Waals surface area contributed by atoms with Crippen molar-refractivity contribution in [3.63, 3.8) is 0 Å². The Balaban J connectivity index is 2.02. The second kappa shape index (κ2) is 4.94. The van der Waals surface area contributed by atoms with Crippen molar-refractivity contribution in [2.75, 3.05) is 6.54 Å². The third-order valence-electron chi connectivity index (χ3n) is 3.23. The molecular formula is C14H14ClNO2. The summed E-state index contributed by atoms with van der Waals surface area (Å²) in [6.45, 7) is 3.80. The van der Waals surface area contributed by atoms with Crippen LogP contribution in [0.3, 0.4) is 0 Å². The summed E-state index contributed by atoms with van der Waals surface area (Å²) < 4.78 is 0. The number of hydrogen-bond acceptors (Lipinski definition) is 2. The molecule has 1 aromatic carbocycles. The van der Waals surface area contributed by atoms with Gasteiger partial charge in [-0.2, -0.15) is 0 Å². The van der Waals surface area contributed by atoms with Crippen LogP contribution in [-0.2, 0) is 16.0 Å². The van der Waals surface area contributed by atoms with Gasteiger partial charge in [0.1, 0.15) is 0 Å². The molecule has 0 bridgehead atoms. The van der Waals surface area contributed by atoms with Crippen LogP contribution in [0.25, 0.3) is 0 Å². The summed E-state index contributed by atoms with van der Waals surface area (Å²) in [5, 5.41) is 0.681. The number of hydrogen-bond donors (Lipinski definition) is 0. The maximum Gasteiger partial charge on any atom is 0.256 e. The third-order valence-corrected chi connectivity index (χ3v) is 3.48. The van der Waals surface area contributed by atoms with E-state index in [4.69, 9.17) is 11.6 Å². The van der Waals surface area contributed by atoms with Crippen molar-refractivity contribution in [2.24, 2.45) is 0 Å². The van der Waals surface area contributed by atoms with Gasteiger partial charge in [-0.25, -0.2) is 0 Å². The van der Waals surface area contributed by atoms with E-state index in [0.717, 1.165) is 5.56 Å². The molecule has 0 spiro atoms. The summed E-state index contributed by atoms with van der Waals surface area (Å²) in [7, 11) is 0. The summed E-state index contributed by atoms with van der Waals surface area (Å²) in [6, 6.07) is 7.42. The monoisotopic (exact) mass is 263 g/mol. The van der Waals surface area contributed by atoms with Crippen LogP contribution in [0, 0.1) is 0 Å². The highest BCUT2D eigenvalue weighted by Gasteiger charge is 2.32. The maximum atomic E-state index is 11.8. The Bertz CT molecular complexity index is 507. The van der Waals surface area contributed by atoms with Crippen molar-refractivity contribution in [3.8, 4) is 0 Å². The van der Waals surface area contributed by atoms with Gasteiger partial charge >= 0.3 is 0 Å². The molecule has 3 nitrogen and oxygen atoms in total. The highest BCUT2D eigenvalue weighted by molar-refractivity contribution is 6.30. The van der Waals surface area contributed by atoms with Gasteiger partial charge in [0.05, 0.1) is 0 Å². The standard InChI is InChI=1S/C14H14ClNO2/c1-9-10(2)14(18)16(13(9)17)8-7-11-3-5-12(15)6-4-11/h3-6H,7-8H2,1-2H3. The molecule has 0 saturated carbocycles. The van der Waals surface area contributed by atoms with Crippen molar-refractivity contribution >= 4 is 23.4 Å². The van der Waals surface area contributed by atoms with Crippen LogP contribution < -0.4 is 0 Å². The normalized spacial score (nSPS) is 15.8. The fourth-order valence-corrected chi connectivity index (χ4v) is 2.04. The molecule has 94 valence electrons. The van der Waals surface area contributed by atoms with Crippen molar-refractivity contribution in [2.45, 2.75) is 20.3 Å². The highest BCUT2D eigenvalue weighted by Crippen LogP contribution is 2.20. The molecule has 1 aliphatic heterocycles. The van der Waals surface area contributed by atoms with E-state index in [1.807, 2.05) is 12.1 Å². The molecule has 18 heavy (non-hydrogen) atoms. The van der Waals surface area contributed by atoms with Crippen molar-refractivity contribution < 1.29 is 9.59 Å². The molecule has 0 N–H and O–H groups in total. The van der Waals surface area contributed by atoms with Crippen LogP contribution in [0.5, 0.6) is 0 Å². The lowest BCUT2D eigenvalue weighted by Crippen LogP contribution is -2.33. The lowest BCUT2D eigenvalue weighted by atomic mass is 10.1. The van der Waals surface area contributed by atoms with Gasteiger partial charge < -0.3 is 0 Å². The number of rotatable bonds is 3. The zero-order valence-electron chi connectivity index (χ0n) is 10.4. The smallest absolute Gasteiger partial charge is 0.256 e. The van der Waals surface area contributed by atoms with Crippen molar-refractivity contribution in [1.82, 2.24) is 4.90 Å². The minimum atomic E-state index is -0.175. The van der Waals surface area contributed by atoms with E-state index in [2.05, 4.69) is 0 Å². The van der Waals surface area contributed by atoms with E-state index in [9.17, 15) is 9.59 Å². The number of carbonyl (C=O) groups is 2. The molecule has 0 fully saturated rings. The van der Waals surface area contributed by atoms with Crippen molar-refractivity contribution in [1.29, 1.82) is 0 Å². The van der Waals surface area contributed by atoms with Gasteiger partial charge in [-0.05, 0) is 38.0 Å². The quantitative estimate of drug-likeness (QED) is 0.786. The molecule has 1 aromatic rings. The highest BCUT2D eigenvalue weighted by atomic mass is 35.5. The van der Waals surface area contributed by atoms with Crippen molar-refractivity contribution in [3.05, 3.63) is 46.0 Å². The molecule has 0 aliphatic carbocycles. The Morgan fingerprint density at radius 3 is 2.00 bits per heavy atom. The Labute approximate surface area is 111 Å². The molecule has 0 aromatic heterocycles. The average Bonchev–Trinajstić information content (AvgIpc) is 2.54. The molecule has 0 atom stereocenters. The van der Waals surface area contributed by atoms with Crippen LogP contribution in [0.4, 0.5) is 0 Å². The van der Waals surface area contributed by atoms with Crippen LogP contribution in [0.2, 0.25) is 5.02 Å². The van der Waals surface area contributed by atoms with Crippen LogP contribution in [-0.4, -0.2) is 23.3 Å². The zero-order chi connectivity index (χ0) is 13.3. The second-order valence-electron chi connectivity index (χ2n) is 4.39. The number of carbonyl (C=O) groups excluding carboxylic acids is 2. The van der Waals surface area contributed by atoms with Gasteiger partial charge in [-0.3, -0.25) is 14.5 Å². The first kappa shape index (κ1) is 12.8. The van der Waals surface area contributed by atoms with E-state index in [-0.39, 0.29) is 11.8 Å². The van der Waals surface area contributed by atoms with Gasteiger partial charge in [0.25, 0.3) is 11.8 Å². The molecule has 1 heterocycles. The van der Waals surface area contributed by atoms with E-state index in [0.29, 0.717) is 29.1 Å². The topological polar surface area (TPSA) is 37.4 Å². The van der Waals surface area contributed by atoms with Crippen LogP contribution in [0.1, 0.15) is 19.4 Å². The Kier molecular flexibility index (Phi) is 3.53. The predicted octanol–water partition coefficient (Wildman–Crippen LogP) is 2.59. The minimum Gasteiger partial charge on any atom is -0.275 e. The molecule has 2 amide bonds. The Morgan fingerprint density at radius 1 is 1.00 bits per heavy atom. The number of nitrogens with zero attached hydrogens (tertiary/aromatic N) is 1. The Hall–Kier alpha value is -1.61. The lowest BCUT2D eigenvalue weighted by Gasteiger charge is -2.14. The number of imide groups is 1. The number of amides is 2. The number of benzene rings is 1. The van der Waals surface area contributed by atoms with E-state index >= 15 is 0 Å². The molecule has 0 radical (unpaired) electrons. The maximum absolute atomic E-state index is 11.8. The average molecular weight is 264 g/mol. The molecule has 1 aliphatic rings. The predicted molar refractivity (Wildman–Crippen MR) is 70.3 cm³/mol. The summed E-state index contributed by atoms with van der Waals surface area (Å²) in [5.74, 6) is -0.349. The summed E-state index contributed by atoms with van der Waals surface area (Å²) in [5.41, 5.74) is 2.16. The van der Waals surface area contributed by atoms with Crippen LogP contribution >= 0.6 is 11.6 Å². The fourth-order valence-electron chi connectivity index (χ4n) is 1.91. The first-order valence-electron chi connectivity index (χ1n) is 5.79. The second-order valence-corrected chi connectivity index (χ2v) is 4.82. The number of halogens is 1. The van der Waals surface area contributed by atoms with Gasteiger partial charge in [0.2, 0.25) is 0 Å². The van der Waals surface area contributed by atoms with E-state index in [1.54, 1.807) is 26.0 Å². The van der Waals surface area contributed by atoms with Gasteiger partial charge in [-0.1, -0.05) is 23.7 Å². The molecule has 2 rings (SSSR count). The molecule has 0 saturated heterocycles. The van der Waals surface area contributed by atoms with Gasteiger partial charge in [-0.15, -0.1) is 0 Å². The first-order valence-corrected chi connectivity index (χ1v) is 6.16. The van der Waals surface area contributed by atoms with Gasteiger partial charge in [0.15, 0.2) is 0 Å². The molecular weight excluding hydrogens is 250 g/mol. The van der Waals surface area contributed by atoms with E-state index in [1.165, 1.54) is 4.90 Å². The summed E-state index contributed by atoms with van der Waals surface area (Å²) in [6.07, 6.45) is 0.648. The first-order chi connectivity index (χ1) is 8.50. The SMILES string of the molecule is CC1=C(C)C(=O)N(CCc2ccc(Cl)cc2)C1=O. The van der Waals surface area contributed by atoms with Gasteiger partial charge in [0, 0.05) is 22.7 Å². The Morgan fingerprint density at radius 2 is 1.50 bits per heavy atom. The van der Waals surface area contributed by atoms with Crippen LogP contribution in [0.15, 0.2) is 35.4 Å². The largest absolute Gasteiger partial charge is 0.275 e. The summed E-state index contributed by atoms with van der Waals surface area (Å²) in [4.78, 5) is 25.0. The van der Waals surface area contributed by atoms with E-state index < -0.39 is 0 Å². The zero-order valence-corrected chi connectivity index (χ0v) is 11.1. The summed E-state index contributed by atoms with van der Waals surface area (Å²) >= 11 is 5.80. The minimum absolute atomic E-state index is 0.175. The molecule has 0 unspecified atom stereocenters.